The zero-order valence-electron chi connectivity index (χ0n) is 17.4. The van der Waals surface area contributed by atoms with Crippen molar-refractivity contribution in [3.05, 3.63) is 12.7 Å². The summed E-state index contributed by atoms with van der Waals surface area (Å²) in [6.45, 7) is 7.34. The molecule has 1 saturated carbocycles. The molecule has 0 aromatic carbocycles. The second-order valence-electron chi connectivity index (χ2n) is 7.91. The van der Waals surface area contributed by atoms with Crippen LogP contribution in [-0.2, 0) is 6.54 Å². The summed E-state index contributed by atoms with van der Waals surface area (Å²) in [5.41, 5.74) is 0. The number of aromatic nitrogens is 3. The lowest BCUT2D eigenvalue weighted by molar-refractivity contribution is 0.119. The van der Waals surface area contributed by atoms with Gasteiger partial charge in [-0.3, -0.25) is 4.99 Å². The third kappa shape index (κ3) is 7.85. The van der Waals surface area contributed by atoms with Crippen LogP contribution in [0.1, 0.15) is 64.7 Å². The maximum absolute atomic E-state index is 4.78. The first kappa shape index (κ1) is 23.4. The van der Waals surface area contributed by atoms with E-state index in [-0.39, 0.29) is 24.0 Å². The van der Waals surface area contributed by atoms with E-state index in [4.69, 9.17) is 4.99 Å². The Morgan fingerprint density at radius 3 is 2.43 bits per heavy atom. The quantitative estimate of drug-likeness (QED) is 0.247. The van der Waals surface area contributed by atoms with Crippen molar-refractivity contribution < 1.29 is 0 Å². The molecule has 8 heteroatoms. The van der Waals surface area contributed by atoms with Crippen LogP contribution in [0.5, 0.6) is 0 Å². The lowest BCUT2D eigenvalue weighted by Crippen LogP contribution is -2.51. The summed E-state index contributed by atoms with van der Waals surface area (Å²) in [6, 6.07) is 1.41. The molecule has 0 atom stereocenters. The Balaban J connectivity index is 0.00000280. The van der Waals surface area contributed by atoms with Gasteiger partial charge in [0.15, 0.2) is 5.96 Å². The van der Waals surface area contributed by atoms with E-state index in [9.17, 15) is 0 Å². The van der Waals surface area contributed by atoms with Gasteiger partial charge in [-0.25, -0.2) is 0 Å². The molecule has 0 unspecified atom stereocenters. The van der Waals surface area contributed by atoms with Crippen LogP contribution in [-0.4, -0.2) is 63.9 Å². The van der Waals surface area contributed by atoms with E-state index in [1.54, 1.807) is 12.7 Å². The van der Waals surface area contributed by atoms with Gasteiger partial charge in [-0.15, -0.1) is 34.2 Å². The summed E-state index contributed by atoms with van der Waals surface area (Å²) in [4.78, 5) is 7.52. The number of unbranched alkanes of at least 4 members (excludes halogenated alkanes) is 1. The van der Waals surface area contributed by atoms with Crippen molar-refractivity contribution in [2.45, 2.75) is 83.3 Å². The normalized spacial score (nSPS) is 20.0. The van der Waals surface area contributed by atoms with E-state index in [2.05, 4.69) is 32.7 Å². The smallest absolute Gasteiger partial charge is 0.191 e. The molecule has 1 saturated heterocycles. The molecular formula is C20H38IN7. The van der Waals surface area contributed by atoms with Gasteiger partial charge in [-0.05, 0) is 45.4 Å². The lowest BCUT2D eigenvalue weighted by Gasteiger charge is -2.39. The van der Waals surface area contributed by atoms with Crippen LogP contribution in [0.3, 0.4) is 0 Å². The van der Waals surface area contributed by atoms with Crippen molar-refractivity contribution >= 4 is 29.9 Å². The highest BCUT2D eigenvalue weighted by molar-refractivity contribution is 14.0. The molecular weight excluding hydrogens is 465 g/mol. The van der Waals surface area contributed by atoms with Crippen molar-refractivity contribution in [2.75, 3.05) is 26.2 Å². The van der Waals surface area contributed by atoms with Gasteiger partial charge in [0.05, 0.1) is 0 Å². The molecule has 7 nitrogen and oxygen atoms in total. The zero-order chi connectivity index (χ0) is 18.7. The molecule has 1 aliphatic carbocycles. The molecule has 160 valence electrons. The van der Waals surface area contributed by atoms with Gasteiger partial charge < -0.3 is 20.1 Å². The van der Waals surface area contributed by atoms with Gasteiger partial charge in [-0.1, -0.05) is 19.3 Å². The van der Waals surface area contributed by atoms with Gasteiger partial charge in [0.2, 0.25) is 0 Å². The fourth-order valence-electron chi connectivity index (χ4n) is 4.30. The Labute approximate surface area is 187 Å². The van der Waals surface area contributed by atoms with Crippen molar-refractivity contribution in [2.24, 2.45) is 4.99 Å². The average Bonchev–Trinajstić information content (AvgIpc) is 3.23. The second-order valence-corrected chi connectivity index (χ2v) is 7.91. The maximum atomic E-state index is 4.78. The van der Waals surface area contributed by atoms with E-state index in [0.29, 0.717) is 6.04 Å². The first-order chi connectivity index (χ1) is 13.3. The molecule has 0 radical (unpaired) electrons. The van der Waals surface area contributed by atoms with Gasteiger partial charge in [0, 0.05) is 44.8 Å². The highest BCUT2D eigenvalue weighted by Gasteiger charge is 2.26. The average molecular weight is 503 g/mol. The predicted molar refractivity (Wildman–Crippen MR) is 125 cm³/mol. The summed E-state index contributed by atoms with van der Waals surface area (Å²) >= 11 is 0. The summed E-state index contributed by atoms with van der Waals surface area (Å²) < 4.78 is 2.02. The molecule has 0 amide bonds. The van der Waals surface area contributed by atoms with E-state index in [1.807, 2.05) is 4.57 Å². The number of nitrogens with zero attached hydrogens (tertiary/aromatic N) is 5. The summed E-state index contributed by atoms with van der Waals surface area (Å²) in [5, 5.41) is 14.8. The van der Waals surface area contributed by atoms with Crippen molar-refractivity contribution in [3.8, 4) is 0 Å². The molecule has 28 heavy (non-hydrogen) atoms. The maximum Gasteiger partial charge on any atom is 0.191 e. The van der Waals surface area contributed by atoms with Crippen molar-refractivity contribution in [3.63, 3.8) is 0 Å². The van der Waals surface area contributed by atoms with Gasteiger partial charge in [0.25, 0.3) is 0 Å². The molecule has 3 rings (SSSR count). The first-order valence-corrected chi connectivity index (χ1v) is 11.0. The van der Waals surface area contributed by atoms with Gasteiger partial charge in [-0.2, -0.15) is 0 Å². The predicted octanol–water partition coefficient (Wildman–Crippen LogP) is 3.03. The van der Waals surface area contributed by atoms with E-state index in [0.717, 1.165) is 44.5 Å². The van der Waals surface area contributed by atoms with Crippen molar-refractivity contribution in [1.29, 1.82) is 0 Å². The van der Waals surface area contributed by atoms with Gasteiger partial charge in [0.1, 0.15) is 12.7 Å². The minimum Gasteiger partial charge on any atom is -0.357 e. The Bertz CT molecular complexity index is 535. The summed E-state index contributed by atoms with van der Waals surface area (Å²) in [6.07, 6.45) is 15.3. The Hall–Kier alpha value is -0.900. The SMILES string of the molecule is CCNC(=NCCCCn1cnnc1)NC1CCN(C2CCCCC2)CC1.I. The molecule has 2 N–H and O–H groups in total. The van der Waals surface area contributed by atoms with Crippen LogP contribution in [0.2, 0.25) is 0 Å². The molecule has 0 spiro atoms. The minimum atomic E-state index is 0. The lowest BCUT2D eigenvalue weighted by atomic mass is 9.92. The number of hydrogen-bond acceptors (Lipinski definition) is 4. The molecule has 1 aromatic heterocycles. The van der Waals surface area contributed by atoms with E-state index >= 15 is 0 Å². The molecule has 2 fully saturated rings. The van der Waals surface area contributed by atoms with Crippen molar-refractivity contribution in [1.82, 2.24) is 30.3 Å². The van der Waals surface area contributed by atoms with Crippen LogP contribution >= 0.6 is 24.0 Å². The Kier molecular flexibility index (Phi) is 11.1. The minimum absolute atomic E-state index is 0. The molecule has 1 aromatic rings. The number of nitrogens with one attached hydrogen (secondary N) is 2. The molecule has 2 heterocycles. The number of piperidine rings is 1. The fraction of sp³-hybridized carbons (Fsp3) is 0.850. The summed E-state index contributed by atoms with van der Waals surface area (Å²) in [5.74, 6) is 0.984. The van der Waals surface area contributed by atoms with Crippen LogP contribution in [0.15, 0.2) is 17.6 Å². The number of hydrogen-bond donors (Lipinski definition) is 2. The highest BCUT2D eigenvalue weighted by atomic mass is 127. The molecule has 1 aliphatic heterocycles. The van der Waals surface area contributed by atoms with Crippen LogP contribution in [0.25, 0.3) is 0 Å². The topological polar surface area (TPSA) is 70.4 Å². The monoisotopic (exact) mass is 503 g/mol. The number of halogens is 1. The Morgan fingerprint density at radius 2 is 1.75 bits per heavy atom. The third-order valence-corrected chi connectivity index (χ3v) is 5.87. The van der Waals surface area contributed by atoms with E-state index in [1.165, 1.54) is 58.0 Å². The fourth-order valence-corrected chi connectivity index (χ4v) is 4.30. The number of guanidine groups is 1. The standard InChI is InChI=1S/C20H37N7.HI/c1-2-21-20(22-12-6-7-13-26-16-23-24-17-26)25-18-10-14-27(15-11-18)19-8-4-3-5-9-19;/h16-19H,2-15H2,1H3,(H2,21,22,25);1H. The Morgan fingerprint density at radius 1 is 1.04 bits per heavy atom. The second kappa shape index (κ2) is 13.3. The van der Waals surface area contributed by atoms with E-state index < -0.39 is 0 Å². The van der Waals surface area contributed by atoms with Crippen LogP contribution in [0.4, 0.5) is 0 Å². The first-order valence-electron chi connectivity index (χ1n) is 11.0. The van der Waals surface area contributed by atoms with Gasteiger partial charge >= 0.3 is 0 Å². The summed E-state index contributed by atoms with van der Waals surface area (Å²) in [7, 11) is 0. The third-order valence-electron chi connectivity index (χ3n) is 5.87. The van der Waals surface area contributed by atoms with Crippen LogP contribution in [0, 0.1) is 0 Å². The largest absolute Gasteiger partial charge is 0.357 e. The number of rotatable bonds is 8. The van der Waals surface area contributed by atoms with Crippen LogP contribution < -0.4 is 10.6 Å². The number of likely N-dealkylation sites (tertiary alicyclic amines) is 1. The highest BCUT2D eigenvalue weighted by Crippen LogP contribution is 2.25. The number of aryl methyl sites for hydroxylation is 1. The molecule has 0 bridgehead atoms. The molecule has 2 aliphatic rings. The number of aliphatic imine (C=N–C) groups is 1. The zero-order valence-corrected chi connectivity index (χ0v) is 19.7.